The monoisotopic (exact) mass is 1020 g/mol. The Kier molecular flexibility index (Phi) is 20.4. The molecule has 392 valence electrons. The molecule has 20 heteroatoms. The molecular formula is C49H77Cl2N3O15. The lowest BCUT2D eigenvalue weighted by atomic mass is 9.68. The van der Waals surface area contributed by atoms with Gasteiger partial charge in [0.2, 0.25) is 0 Å². The maximum Gasteiger partial charge on any atom is 0.514 e. The number of non-ortho nitro benzene ring substituents is 1. The molecule has 6 aliphatic rings. The van der Waals surface area contributed by atoms with Crippen molar-refractivity contribution < 1.29 is 67.4 Å². The summed E-state index contributed by atoms with van der Waals surface area (Å²) in [6.45, 7) is 21.0. The Morgan fingerprint density at radius 3 is 1.58 bits per heavy atom. The van der Waals surface area contributed by atoms with E-state index in [1.165, 1.54) is 24.3 Å². The second kappa shape index (κ2) is 24.1. The van der Waals surface area contributed by atoms with Crippen molar-refractivity contribution in [3.05, 3.63) is 58.7 Å². The van der Waals surface area contributed by atoms with Gasteiger partial charge in [0, 0.05) is 39.4 Å². The number of alkyl carbamates (subject to hydrolysis) is 1. The number of epoxide rings is 4. The second-order valence-corrected chi connectivity index (χ2v) is 21.6. The normalized spacial score (nSPS) is 34.2. The van der Waals surface area contributed by atoms with E-state index in [9.17, 15) is 24.8 Å². The van der Waals surface area contributed by atoms with Crippen LogP contribution in [0.1, 0.15) is 94.9 Å². The number of carbonyl (C=O) groups excluding carboxylic acids is 2. The molecule has 7 rings (SSSR count). The average Bonchev–Trinajstić information content (AvgIpc) is 4.15. The summed E-state index contributed by atoms with van der Waals surface area (Å²) in [6, 6.07) is 5.24. The van der Waals surface area contributed by atoms with Crippen LogP contribution >= 0.6 is 23.2 Å². The van der Waals surface area contributed by atoms with Crippen LogP contribution in [0.25, 0.3) is 0 Å². The van der Waals surface area contributed by atoms with Gasteiger partial charge in [0.15, 0.2) is 0 Å². The summed E-state index contributed by atoms with van der Waals surface area (Å²) in [4.78, 5) is 34.9. The highest BCUT2D eigenvalue weighted by atomic mass is 35.5. The first-order chi connectivity index (χ1) is 32.2. The fourth-order valence-corrected chi connectivity index (χ4v) is 9.23. The molecule has 2 saturated carbocycles. The summed E-state index contributed by atoms with van der Waals surface area (Å²) in [5.74, 6) is 0.921. The number of hydrogen-bond donors (Lipinski definition) is 4. The molecule has 1 aromatic rings. The molecular weight excluding hydrogens is 941 g/mol. The predicted octanol–water partition coefficient (Wildman–Crippen LogP) is 7.60. The lowest BCUT2D eigenvalue weighted by Crippen LogP contribution is -2.56. The van der Waals surface area contributed by atoms with E-state index < -0.39 is 51.8 Å². The lowest BCUT2D eigenvalue weighted by Gasteiger charge is -2.42. The number of aliphatic hydroxyl groups is 2. The molecule has 12 atom stereocenters. The lowest BCUT2D eigenvalue weighted by molar-refractivity contribution is -0.384. The minimum atomic E-state index is -0.994. The van der Waals surface area contributed by atoms with E-state index >= 15 is 0 Å². The van der Waals surface area contributed by atoms with Gasteiger partial charge < -0.3 is 63.9 Å². The molecule has 0 bridgehead atoms. The Hall–Kier alpha value is -3.14. The molecule has 69 heavy (non-hydrogen) atoms. The molecule has 5 N–H and O–H groups in total. The zero-order valence-corrected chi connectivity index (χ0v) is 43.8. The first kappa shape index (κ1) is 58.4. The highest BCUT2D eigenvalue weighted by molar-refractivity contribution is 6.40. The first-order valence-electron chi connectivity index (χ1n) is 23.6. The summed E-state index contributed by atoms with van der Waals surface area (Å²) in [6.07, 6.45) is 8.17. The number of benzene rings is 1. The van der Waals surface area contributed by atoms with E-state index in [1.54, 1.807) is 41.9 Å². The first-order valence-corrected chi connectivity index (χ1v) is 24.6. The summed E-state index contributed by atoms with van der Waals surface area (Å²) in [5.41, 5.74) is 1.86. The van der Waals surface area contributed by atoms with Crippen LogP contribution in [0.2, 0.25) is 0 Å². The van der Waals surface area contributed by atoms with Crippen LogP contribution in [0, 0.1) is 33.8 Å². The number of methoxy groups -OCH3 is 2. The third-order valence-corrected chi connectivity index (χ3v) is 13.1. The molecule has 4 saturated heterocycles. The minimum absolute atomic E-state index is 0.0152. The highest BCUT2D eigenvalue weighted by Gasteiger charge is 2.73. The zero-order valence-electron chi connectivity index (χ0n) is 42.2. The van der Waals surface area contributed by atoms with E-state index in [0.29, 0.717) is 44.4 Å². The van der Waals surface area contributed by atoms with Crippen LogP contribution in [-0.4, -0.2) is 143 Å². The van der Waals surface area contributed by atoms with Crippen LogP contribution in [0.15, 0.2) is 48.6 Å². The summed E-state index contributed by atoms with van der Waals surface area (Å²) >= 11 is 9.53. The highest BCUT2D eigenvalue weighted by Crippen LogP contribution is 2.60. The van der Waals surface area contributed by atoms with E-state index in [-0.39, 0.29) is 70.8 Å². The molecule has 2 aliphatic carbocycles. The smallest absolute Gasteiger partial charge is 0.443 e. The number of rotatable bonds is 15. The van der Waals surface area contributed by atoms with E-state index in [4.69, 9.17) is 76.7 Å². The number of ether oxygens (including phenoxy) is 9. The summed E-state index contributed by atoms with van der Waals surface area (Å²) < 4.78 is 52.2. The van der Waals surface area contributed by atoms with Gasteiger partial charge in [0.25, 0.3) is 5.69 Å². The van der Waals surface area contributed by atoms with Gasteiger partial charge in [-0.05, 0) is 91.2 Å². The minimum Gasteiger partial charge on any atom is -0.443 e. The van der Waals surface area contributed by atoms with Crippen molar-refractivity contribution in [1.82, 2.24) is 5.32 Å². The van der Waals surface area contributed by atoms with Gasteiger partial charge in [-0.25, -0.2) is 9.59 Å². The Balaban J connectivity index is 0.000000257. The van der Waals surface area contributed by atoms with Gasteiger partial charge in [-0.15, -0.1) is 23.2 Å². The number of carbonyl (C=O) groups is 2. The molecule has 2 spiro atoms. The van der Waals surface area contributed by atoms with Crippen molar-refractivity contribution in [2.75, 3.05) is 45.9 Å². The van der Waals surface area contributed by atoms with Gasteiger partial charge in [-0.2, -0.15) is 0 Å². The number of nitro groups is 1. The Labute approximate surface area is 417 Å². The fraction of sp³-hybridized carbons (Fsp3) is 0.755. The van der Waals surface area contributed by atoms with Gasteiger partial charge in [0.1, 0.15) is 64.8 Å². The molecule has 4 unspecified atom stereocenters. The van der Waals surface area contributed by atoms with Crippen molar-refractivity contribution >= 4 is 41.1 Å². The Bertz CT molecular complexity index is 1900. The fourth-order valence-electron chi connectivity index (χ4n) is 9.23. The van der Waals surface area contributed by atoms with Crippen LogP contribution in [0.4, 0.5) is 15.3 Å². The molecule has 0 aromatic heterocycles. The third-order valence-electron chi connectivity index (χ3n) is 13.1. The second-order valence-electron chi connectivity index (χ2n) is 20.8. The largest absolute Gasteiger partial charge is 0.514 e. The number of nitrogens with two attached hydrogens (primary N) is 1. The van der Waals surface area contributed by atoms with Gasteiger partial charge in [-0.1, -0.05) is 52.0 Å². The topological polar surface area (TPSA) is 252 Å². The van der Waals surface area contributed by atoms with Crippen molar-refractivity contribution in [2.45, 2.75) is 165 Å². The van der Waals surface area contributed by atoms with E-state index in [1.807, 2.05) is 0 Å². The number of nitrogens with zero attached hydrogens (tertiary/aromatic N) is 1. The van der Waals surface area contributed by atoms with Crippen molar-refractivity contribution in [2.24, 2.45) is 29.4 Å². The van der Waals surface area contributed by atoms with Crippen molar-refractivity contribution in [3.63, 3.8) is 0 Å². The van der Waals surface area contributed by atoms with E-state index in [0.717, 1.165) is 12.8 Å². The van der Waals surface area contributed by atoms with Crippen LogP contribution in [-0.2, 0) is 37.9 Å². The number of halogens is 2. The van der Waals surface area contributed by atoms with Crippen molar-refractivity contribution in [3.8, 4) is 5.75 Å². The Morgan fingerprint density at radius 2 is 1.25 bits per heavy atom. The molecule has 4 aliphatic heterocycles. The molecule has 4 heterocycles. The SMILES string of the molecule is CC(C)(O)CN.COC1C([C@@]2(C)O[C@@H]2/C=C/C(C)C)[C@]2(CC[C@H]1OC(=O)NCC(C)(C)O)CO2.COC1C([C@@]2(C)O[C@@H]2/C=C/C(C)C)[C@]2(CC[C@H]1OC(=O)Oc1ccc([N+](=O)[O-])cc1)CO2.ClCCl. The quantitative estimate of drug-likeness (QED) is 0.0251. The number of hydrogen-bond acceptors (Lipinski definition) is 16. The van der Waals surface area contributed by atoms with Crippen molar-refractivity contribution in [1.29, 1.82) is 0 Å². The Morgan fingerprint density at radius 1 is 0.841 bits per heavy atom. The van der Waals surface area contributed by atoms with Crippen LogP contribution in [0.3, 0.4) is 0 Å². The molecule has 0 radical (unpaired) electrons. The molecule has 6 fully saturated rings. The van der Waals surface area contributed by atoms with E-state index in [2.05, 4.69) is 71.2 Å². The molecule has 18 nitrogen and oxygen atoms in total. The number of nitro benzene ring substituents is 1. The maximum absolute atomic E-state index is 12.4. The van der Waals surface area contributed by atoms with Gasteiger partial charge in [0.05, 0.1) is 46.5 Å². The average molecular weight is 1020 g/mol. The predicted molar refractivity (Wildman–Crippen MR) is 259 cm³/mol. The van der Waals surface area contributed by atoms with Gasteiger partial charge >= 0.3 is 12.2 Å². The number of nitrogens with one attached hydrogen (secondary N) is 1. The standard InChI is InChI=1S/C23H29NO8.C21H35NO6.C4H11NO.CH2Cl2/c1-14(2)5-10-18-22(3,32-18)20-19(28-4)17(11-12-23(20)13-29-23)31-21(25)30-16-8-6-15(7-9-16)24(26)27;1-13(2)7-8-15-20(5,28-15)17-16(25-6)14(9-10-21(17)12-26-21)27-18(23)22-11-19(3,4)24;1-4(2,6)3-5;2-1-3/h5-10,14,17-20H,11-13H2,1-4H3;7-8,13-17,24H,9-12H2,1-6H3,(H,22,23);6H,3,5H2,1-2H3;1H2/b10-5+;8-7+;;/t17-,18-,19?,20?,22+,23+;14-,15-,16?,17?,20+,21+;;/m11../s1. The number of alkyl halides is 2. The zero-order chi connectivity index (χ0) is 51.8. The van der Waals surface area contributed by atoms with Crippen LogP contribution in [0.5, 0.6) is 5.75 Å². The number of amides is 1. The number of allylic oxidation sites excluding steroid dienone is 2. The summed E-state index contributed by atoms with van der Waals surface area (Å²) in [5, 5.41) is 32.1. The maximum atomic E-state index is 12.4. The molecule has 1 amide bonds. The third kappa shape index (κ3) is 16.2. The molecule has 1 aromatic carbocycles. The van der Waals surface area contributed by atoms with Crippen LogP contribution < -0.4 is 15.8 Å². The summed E-state index contributed by atoms with van der Waals surface area (Å²) in [7, 11) is 3.25. The van der Waals surface area contributed by atoms with Gasteiger partial charge in [-0.3, -0.25) is 10.1 Å².